The van der Waals surface area contributed by atoms with E-state index >= 15 is 0 Å². The molecule has 0 bridgehead atoms. The first kappa shape index (κ1) is 23.4. The highest BCUT2D eigenvalue weighted by Gasteiger charge is 2.55. The van der Waals surface area contributed by atoms with Crippen LogP contribution in [0.3, 0.4) is 0 Å². The van der Waals surface area contributed by atoms with Gasteiger partial charge in [0.15, 0.2) is 0 Å². The molecule has 6 heteroatoms. The average Bonchev–Trinajstić information content (AvgIpc) is 2.79. The molecule has 174 valence electrons. The van der Waals surface area contributed by atoms with Crippen LogP contribution in [0.1, 0.15) is 48.9 Å². The number of likely N-dealkylation sites (tertiary alicyclic amines) is 1. The second-order valence-electron chi connectivity index (χ2n) is 9.69. The second-order valence-corrected chi connectivity index (χ2v) is 9.69. The van der Waals surface area contributed by atoms with Crippen molar-refractivity contribution in [3.63, 3.8) is 0 Å². The third-order valence-electron chi connectivity index (χ3n) is 6.72. The van der Waals surface area contributed by atoms with E-state index in [1.165, 1.54) is 5.56 Å². The van der Waals surface area contributed by atoms with Crippen molar-refractivity contribution >= 4 is 0 Å². The lowest BCUT2D eigenvalue weighted by atomic mass is 9.62. The van der Waals surface area contributed by atoms with Gasteiger partial charge in [-0.2, -0.15) is 5.10 Å². The standard InChI is InChI=1S/C27H33N3O3/c1-19(2)20-9-11-22(12-10-20)27(32,26(3)17-30(4)18-26)23-15-25(29-28-16-23)33-24-8-6-5-7-21(24)13-14-31/h5-12,15-16,19,31-32H,13-14,17-18H2,1-4H3. The van der Waals surface area contributed by atoms with Gasteiger partial charge in [-0.05, 0) is 42.1 Å². The van der Waals surface area contributed by atoms with Gasteiger partial charge in [-0.3, -0.25) is 0 Å². The highest BCUT2D eigenvalue weighted by atomic mass is 16.5. The molecular formula is C27H33N3O3. The van der Waals surface area contributed by atoms with Crippen molar-refractivity contribution in [2.75, 3.05) is 26.7 Å². The zero-order valence-electron chi connectivity index (χ0n) is 19.8. The lowest BCUT2D eigenvalue weighted by Crippen LogP contribution is -2.63. The zero-order valence-corrected chi connectivity index (χ0v) is 19.8. The van der Waals surface area contributed by atoms with Gasteiger partial charge in [-0.15, -0.1) is 5.10 Å². The van der Waals surface area contributed by atoms with Gasteiger partial charge in [-0.1, -0.05) is 63.2 Å². The van der Waals surface area contributed by atoms with Crippen LogP contribution in [0.15, 0.2) is 60.8 Å². The number of aromatic nitrogens is 2. The molecule has 1 aliphatic rings. The van der Waals surface area contributed by atoms with Crippen molar-refractivity contribution in [2.24, 2.45) is 5.41 Å². The maximum absolute atomic E-state index is 12.3. The van der Waals surface area contributed by atoms with Crippen LogP contribution in [0.4, 0.5) is 0 Å². The maximum Gasteiger partial charge on any atom is 0.239 e. The van der Waals surface area contributed by atoms with Crippen LogP contribution in [-0.4, -0.2) is 52.1 Å². The lowest BCUT2D eigenvalue weighted by molar-refractivity contribution is -0.127. The number of ether oxygens (including phenoxy) is 1. The largest absolute Gasteiger partial charge is 0.437 e. The fourth-order valence-corrected chi connectivity index (χ4v) is 4.98. The van der Waals surface area contributed by atoms with Gasteiger partial charge in [0.05, 0.1) is 6.20 Å². The SMILES string of the molecule is CC(C)c1ccc(C(O)(c2cnnc(Oc3ccccc3CCO)c2)C2(C)CN(C)C2)cc1. The molecule has 1 saturated heterocycles. The Kier molecular flexibility index (Phi) is 6.52. The number of benzene rings is 2. The molecule has 0 saturated carbocycles. The minimum atomic E-state index is -1.26. The van der Waals surface area contributed by atoms with Gasteiger partial charge in [0, 0.05) is 36.7 Å². The Labute approximate surface area is 195 Å². The van der Waals surface area contributed by atoms with Gasteiger partial charge in [-0.25, -0.2) is 0 Å². The Morgan fingerprint density at radius 1 is 1.09 bits per heavy atom. The number of para-hydroxylation sites is 1. The monoisotopic (exact) mass is 447 g/mol. The van der Waals surface area contributed by atoms with Crippen LogP contribution < -0.4 is 4.74 Å². The molecule has 3 aromatic rings. The van der Waals surface area contributed by atoms with Crippen molar-refractivity contribution in [3.8, 4) is 11.6 Å². The van der Waals surface area contributed by atoms with E-state index in [-0.39, 0.29) is 6.61 Å². The van der Waals surface area contributed by atoms with Crippen molar-refractivity contribution in [1.29, 1.82) is 0 Å². The molecule has 2 heterocycles. The molecule has 1 atom stereocenters. The first-order valence-electron chi connectivity index (χ1n) is 11.5. The van der Waals surface area contributed by atoms with Crippen LogP contribution in [0.5, 0.6) is 11.6 Å². The van der Waals surface area contributed by atoms with Crippen LogP contribution >= 0.6 is 0 Å². The van der Waals surface area contributed by atoms with Crippen molar-refractivity contribution in [3.05, 3.63) is 83.0 Å². The van der Waals surface area contributed by atoms with Crippen LogP contribution in [0.25, 0.3) is 0 Å². The van der Waals surface area contributed by atoms with E-state index in [1.54, 1.807) is 12.3 Å². The number of aliphatic hydroxyl groups excluding tert-OH is 1. The summed E-state index contributed by atoms with van der Waals surface area (Å²) in [7, 11) is 2.06. The van der Waals surface area contributed by atoms with Gasteiger partial charge < -0.3 is 19.8 Å². The molecule has 2 aromatic carbocycles. The van der Waals surface area contributed by atoms with Crippen LogP contribution in [-0.2, 0) is 12.0 Å². The molecule has 1 aliphatic heterocycles. The van der Waals surface area contributed by atoms with E-state index in [2.05, 4.69) is 55.0 Å². The maximum atomic E-state index is 12.3. The summed E-state index contributed by atoms with van der Waals surface area (Å²) in [5.74, 6) is 1.35. The molecule has 0 aliphatic carbocycles. The Balaban J connectivity index is 1.74. The average molecular weight is 448 g/mol. The van der Waals surface area contributed by atoms with Crippen molar-refractivity contribution in [1.82, 2.24) is 15.1 Å². The molecule has 0 spiro atoms. The number of aliphatic hydroxyl groups is 2. The summed E-state index contributed by atoms with van der Waals surface area (Å²) in [6, 6.07) is 17.6. The third kappa shape index (κ3) is 4.38. The summed E-state index contributed by atoms with van der Waals surface area (Å²) in [6.45, 7) is 7.98. The van der Waals surface area contributed by atoms with E-state index in [0.29, 0.717) is 29.5 Å². The lowest BCUT2D eigenvalue weighted by Gasteiger charge is -2.55. The fourth-order valence-electron chi connectivity index (χ4n) is 4.98. The highest BCUT2D eigenvalue weighted by molar-refractivity contribution is 5.43. The van der Waals surface area contributed by atoms with Crippen molar-refractivity contribution < 1.29 is 14.9 Å². The molecule has 0 amide bonds. The number of nitrogens with zero attached hydrogens (tertiary/aromatic N) is 3. The molecule has 1 fully saturated rings. The summed E-state index contributed by atoms with van der Waals surface area (Å²) in [4.78, 5) is 2.20. The van der Waals surface area contributed by atoms with E-state index < -0.39 is 11.0 Å². The number of rotatable bonds is 8. The Morgan fingerprint density at radius 2 is 1.79 bits per heavy atom. The molecule has 1 unspecified atom stereocenters. The Hall–Kier alpha value is -2.80. The second kappa shape index (κ2) is 9.21. The minimum Gasteiger partial charge on any atom is -0.437 e. The van der Waals surface area contributed by atoms with Crippen LogP contribution in [0, 0.1) is 5.41 Å². The number of hydrogen-bond donors (Lipinski definition) is 2. The van der Waals surface area contributed by atoms with E-state index in [1.807, 2.05) is 36.4 Å². The van der Waals surface area contributed by atoms with Gasteiger partial charge >= 0.3 is 0 Å². The van der Waals surface area contributed by atoms with E-state index in [9.17, 15) is 10.2 Å². The summed E-state index contributed by atoms with van der Waals surface area (Å²) in [5, 5.41) is 30.0. The predicted octanol–water partition coefficient (Wildman–Crippen LogP) is 4.11. The molecule has 1 aromatic heterocycles. The predicted molar refractivity (Wildman–Crippen MR) is 128 cm³/mol. The summed E-state index contributed by atoms with van der Waals surface area (Å²) in [5.41, 5.74) is 1.96. The minimum absolute atomic E-state index is 0.0318. The first-order valence-corrected chi connectivity index (χ1v) is 11.5. The van der Waals surface area contributed by atoms with Gasteiger partial charge in [0.25, 0.3) is 0 Å². The topological polar surface area (TPSA) is 78.7 Å². The number of hydrogen-bond acceptors (Lipinski definition) is 6. The fraction of sp³-hybridized carbons (Fsp3) is 0.407. The molecular weight excluding hydrogens is 414 g/mol. The molecule has 0 radical (unpaired) electrons. The molecule has 4 rings (SSSR count). The van der Waals surface area contributed by atoms with Gasteiger partial charge in [0.2, 0.25) is 5.88 Å². The van der Waals surface area contributed by atoms with Crippen LogP contribution in [0.2, 0.25) is 0 Å². The summed E-state index contributed by atoms with van der Waals surface area (Å²) in [6.07, 6.45) is 2.12. The molecule has 33 heavy (non-hydrogen) atoms. The normalized spacial score (nSPS) is 17.4. The molecule has 6 nitrogen and oxygen atoms in total. The Bertz CT molecular complexity index is 1090. The highest BCUT2D eigenvalue weighted by Crippen LogP contribution is 2.50. The Morgan fingerprint density at radius 3 is 2.42 bits per heavy atom. The van der Waals surface area contributed by atoms with E-state index in [0.717, 1.165) is 24.2 Å². The third-order valence-corrected chi connectivity index (χ3v) is 6.72. The van der Waals surface area contributed by atoms with E-state index in [4.69, 9.17) is 4.74 Å². The zero-order chi connectivity index (χ0) is 23.6. The molecule has 2 N–H and O–H groups in total. The summed E-state index contributed by atoms with van der Waals surface area (Å²) >= 11 is 0. The summed E-state index contributed by atoms with van der Waals surface area (Å²) < 4.78 is 6.06. The first-order chi connectivity index (χ1) is 15.8. The van der Waals surface area contributed by atoms with Gasteiger partial charge in [0.1, 0.15) is 11.4 Å². The van der Waals surface area contributed by atoms with Crippen molar-refractivity contribution in [2.45, 2.75) is 38.7 Å². The quantitative estimate of drug-likeness (QED) is 0.541. The smallest absolute Gasteiger partial charge is 0.239 e.